The highest BCUT2D eigenvalue weighted by Gasteiger charge is 2.05. The van der Waals surface area contributed by atoms with E-state index in [9.17, 15) is 0 Å². The van der Waals surface area contributed by atoms with Crippen LogP contribution in [-0.2, 0) is 19.5 Å². The highest BCUT2D eigenvalue weighted by molar-refractivity contribution is 5.79. The Morgan fingerprint density at radius 3 is 2.50 bits per heavy atom. The van der Waals surface area contributed by atoms with Crippen LogP contribution in [0.15, 0.2) is 84.1 Å². The molecule has 4 rings (SSSR count). The molecule has 0 bridgehead atoms. The standard InChI is InChI=1S/C26H29N5O/c1-27-26(28-16-15-22-7-3-6-10-25(22)32-2)29-17-20-11-13-21(14-12-20)18-31-19-30-23-8-4-5-9-24(23)31/h3-14,19H,15-18H2,1-2H3,(H2,27,28,29). The first-order chi connectivity index (χ1) is 15.8. The van der Waals surface area contributed by atoms with Gasteiger partial charge < -0.3 is 19.9 Å². The van der Waals surface area contributed by atoms with Crippen LogP contribution < -0.4 is 15.4 Å². The minimum absolute atomic E-state index is 0.711. The Morgan fingerprint density at radius 1 is 0.938 bits per heavy atom. The first-order valence-corrected chi connectivity index (χ1v) is 10.8. The molecule has 0 aliphatic heterocycles. The van der Waals surface area contributed by atoms with Crippen molar-refractivity contribution in [3.05, 3.63) is 95.8 Å². The summed E-state index contributed by atoms with van der Waals surface area (Å²) >= 11 is 0. The van der Waals surface area contributed by atoms with Crippen molar-refractivity contribution in [2.75, 3.05) is 20.7 Å². The number of methoxy groups -OCH3 is 1. The topological polar surface area (TPSA) is 63.5 Å². The van der Waals surface area contributed by atoms with Gasteiger partial charge in [-0.05, 0) is 41.3 Å². The molecule has 1 aromatic heterocycles. The van der Waals surface area contributed by atoms with Crippen molar-refractivity contribution in [3.8, 4) is 5.75 Å². The van der Waals surface area contributed by atoms with Gasteiger partial charge in [0.15, 0.2) is 5.96 Å². The number of imidazole rings is 1. The zero-order valence-corrected chi connectivity index (χ0v) is 18.6. The lowest BCUT2D eigenvalue weighted by molar-refractivity contribution is 0.409. The number of hydrogen-bond donors (Lipinski definition) is 2. The highest BCUT2D eigenvalue weighted by Crippen LogP contribution is 2.17. The molecule has 6 nitrogen and oxygen atoms in total. The van der Waals surface area contributed by atoms with Crippen molar-refractivity contribution in [1.82, 2.24) is 20.2 Å². The van der Waals surface area contributed by atoms with E-state index in [4.69, 9.17) is 4.74 Å². The maximum absolute atomic E-state index is 5.42. The van der Waals surface area contributed by atoms with Gasteiger partial charge in [-0.2, -0.15) is 0 Å². The Kier molecular flexibility index (Phi) is 7.02. The van der Waals surface area contributed by atoms with Crippen molar-refractivity contribution >= 4 is 17.0 Å². The Balaban J connectivity index is 1.27. The summed E-state index contributed by atoms with van der Waals surface area (Å²) in [4.78, 5) is 8.80. The molecule has 4 aromatic rings. The van der Waals surface area contributed by atoms with Gasteiger partial charge >= 0.3 is 0 Å². The fourth-order valence-corrected chi connectivity index (χ4v) is 3.73. The molecule has 0 spiro atoms. The van der Waals surface area contributed by atoms with E-state index in [2.05, 4.69) is 61.6 Å². The van der Waals surface area contributed by atoms with E-state index in [1.54, 1.807) is 14.2 Å². The average Bonchev–Trinajstić information content (AvgIpc) is 3.25. The van der Waals surface area contributed by atoms with Crippen LogP contribution in [0.4, 0.5) is 0 Å². The molecule has 0 saturated heterocycles. The normalized spacial score (nSPS) is 11.5. The van der Waals surface area contributed by atoms with Gasteiger partial charge in [-0.15, -0.1) is 0 Å². The Bertz CT molecular complexity index is 1180. The molecule has 0 radical (unpaired) electrons. The number of para-hydroxylation sites is 3. The van der Waals surface area contributed by atoms with E-state index < -0.39 is 0 Å². The maximum Gasteiger partial charge on any atom is 0.191 e. The van der Waals surface area contributed by atoms with Gasteiger partial charge in [-0.3, -0.25) is 4.99 Å². The van der Waals surface area contributed by atoms with Crippen molar-refractivity contribution in [1.29, 1.82) is 0 Å². The third-order valence-electron chi connectivity index (χ3n) is 5.47. The predicted octanol–water partition coefficient (Wildman–Crippen LogP) is 4.00. The van der Waals surface area contributed by atoms with Crippen LogP contribution in [0.25, 0.3) is 11.0 Å². The molecule has 6 heteroatoms. The number of benzene rings is 3. The molecule has 32 heavy (non-hydrogen) atoms. The number of guanidine groups is 1. The van der Waals surface area contributed by atoms with E-state index in [0.29, 0.717) is 6.54 Å². The lowest BCUT2D eigenvalue weighted by Gasteiger charge is -2.13. The summed E-state index contributed by atoms with van der Waals surface area (Å²) in [7, 11) is 3.49. The second-order valence-electron chi connectivity index (χ2n) is 7.59. The molecule has 1 heterocycles. The summed E-state index contributed by atoms with van der Waals surface area (Å²) in [6, 6.07) is 25.0. The number of ether oxygens (including phenoxy) is 1. The molecule has 0 atom stereocenters. The molecule has 0 saturated carbocycles. The lowest BCUT2D eigenvalue weighted by atomic mass is 10.1. The van der Waals surface area contributed by atoms with E-state index in [-0.39, 0.29) is 0 Å². The van der Waals surface area contributed by atoms with Crippen molar-refractivity contribution < 1.29 is 4.74 Å². The van der Waals surface area contributed by atoms with E-state index in [1.165, 1.54) is 16.7 Å². The smallest absolute Gasteiger partial charge is 0.191 e. The second kappa shape index (κ2) is 10.5. The van der Waals surface area contributed by atoms with Crippen LogP contribution in [0.3, 0.4) is 0 Å². The van der Waals surface area contributed by atoms with Crippen LogP contribution in [-0.4, -0.2) is 36.2 Å². The van der Waals surface area contributed by atoms with Gasteiger partial charge in [0.1, 0.15) is 5.75 Å². The molecule has 0 unspecified atom stereocenters. The number of fused-ring (bicyclic) bond motifs is 1. The largest absolute Gasteiger partial charge is 0.496 e. The van der Waals surface area contributed by atoms with Gasteiger partial charge in [-0.1, -0.05) is 54.6 Å². The highest BCUT2D eigenvalue weighted by atomic mass is 16.5. The average molecular weight is 428 g/mol. The third kappa shape index (κ3) is 5.27. The van der Waals surface area contributed by atoms with Gasteiger partial charge in [-0.25, -0.2) is 4.98 Å². The molecule has 3 aromatic carbocycles. The summed E-state index contributed by atoms with van der Waals surface area (Å²) < 4.78 is 7.60. The molecular weight excluding hydrogens is 398 g/mol. The minimum Gasteiger partial charge on any atom is -0.496 e. The Hall–Kier alpha value is -3.80. The van der Waals surface area contributed by atoms with Crippen LogP contribution in [0.2, 0.25) is 0 Å². The first kappa shape index (κ1) is 21.4. The Morgan fingerprint density at radius 2 is 1.69 bits per heavy atom. The molecule has 0 aliphatic rings. The zero-order valence-electron chi connectivity index (χ0n) is 18.6. The first-order valence-electron chi connectivity index (χ1n) is 10.8. The summed E-state index contributed by atoms with van der Waals surface area (Å²) in [6.45, 7) is 2.29. The lowest BCUT2D eigenvalue weighted by Crippen LogP contribution is -2.37. The zero-order chi connectivity index (χ0) is 22.2. The molecule has 0 fully saturated rings. The van der Waals surface area contributed by atoms with E-state index in [0.717, 1.165) is 42.3 Å². The molecule has 0 amide bonds. The third-order valence-corrected chi connectivity index (χ3v) is 5.47. The number of aliphatic imine (C=N–C) groups is 1. The number of nitrogens with zero attached hydrogens (tertiary/aromatic N) is 3. The fraction of sp³-hybridized carbons (Fsp3) is 0.231. The maximum atomic E-state index is 5.42. The monoisotopic (exact) mass is 427 g/mol. The van der Waals surface area contributed by atoms with Crippen molar-refractivity contribution in [3.63, 3.8) is 0 Å². The fourth-order valence-electron chi connectivity index (χ4n) is 3.73. The van der Waals surface area contributed by atoms with E-state index in [1.807, 2.05) is 42.7 Å². The molecule has 164 valence electrons. The van der Waals surface area contributed by atoms with Crippen LogP contribution in [0.1, 0.15) is 16.7 Å². The number of aromatic nitrogens is 2. The number of nitrogens with one attached hydrogen (secondary N) is 2. The number of rotatable bonds is 8. The van der Waals surface area contributed by atoms with Crippen molar-refractivity contribution in [2.45, 2.75) is 19.5 Å². The van der Waals surface area contributed by atoms with Crippen LogP contribution in [0.5, 0.6) is 5.75 Å². The summed E-state index contributed by atoms with van der Waals surface area (Å²) in [5.41, 5.74) is 5.81. The van der Waals surface area contributed by atoms with Crippen LogP contribution >= 0.6 is 0 Å². The Labute approximate surface area is 189 Å². The number of hydrogen-bond acceptors (Lipinski definition) is 3. The van der Waals surface area contributed by atoms with Crippen LogP contribution in [0, 0.1) is 0 Å². The minimum atomic E-state index is 0.711. The summed E-state index contributed by atoms with van der Waals surface area (Å²) in [5, 5.41) is 6.75. The predicted molar refractivity (Wildman–Crippen MR) is 130 cm³/mol. The van der Waals surface area contributed by atoms with Crippen molar-refractivity contribution in [2.24, 2.45) is 4.99 Å². The van der Waals surface area contributed by atoms with Gasteiger partial charge in [0.05, 0.1) is 24.5 Å². The molecule has 0 aliphatic carbocycles. The van der Waals surface area contributed by atoms with E-state index >= 15 is 0 Å². The van der Waals surface area contributed by atoms with Gasteiger partial charge in [0.2, 0.25) is 0 Å². The second-order valence-corrected chi connectivity index (χ2v) is 7.59. The SMILES string of the molecule is CN=C(NCCc1ccccc1OC)NCc1ccc(Cn2cnc3ccccc32)cc1. The molecular formula is C26H29N5O. The van der Waals surface area contributed by atoms with Gasteiger partial charge in [0, 0.05) is 26.7 Å². The van der Waals surface area contributed by atoms with Gasteiger partial charge in [0.25, 0.3) is 0 Å². The summed E-state index contributed by atoms with van der Waals surface area (Å²) in [5.74, 6) is 1.70. The quantitative estimate of drug-likeness (QED) is 0.330. The summed E-state index contributed by atoms with van der Waals surface area (Å²) in [6.07, 6.45) is 2.77. The molecule has 2 N–H and O–H groups in total.